The van der Waals surface area contributed by atoms with E-state index in [2.05, 4.69) is 0 Å². The Kier molecular flexibility index (Phi) is 5.34. The number of likely N-dealkylation sites (N-methyl/N-ethyl adjacent to an activating group) is 2. The van der Waals surface area contributed by atoms with Crippen LogP contribution >= 0.6 is 0 Å². The number of halogens is 3. The molecule has 0 radical (unpaired) electrons. The average molecular weight is 400 g/mol. The molecule has 146 valence electrons. The minimum absolute atomic E-state index is 0.0778. The summed E-state index contributed by atoms with van der Waals surface area (Å²) in [6, 6.07) is 8.69. The first-order valence-corrected chi connectivity index (χ1v) is 9.80. The number of anilines is 1. The summed E-state index contributed by atoms with van der Waals surface area (Å²) >= 11 is 0. The van der Waals surface area contributed by atoms with Gasteiger partial charge < -0.3 is 9.64 Å². The minimum atomic E-state index is -4.36. The number of fused-ring (bicyclic) bond motifs is 1. The van der Waals surface area contributed by atoms with E-state index in [9.17, 15) is 21.6 Å². The molecule has 0 aliphatic carbocycles. The standard InChI is InChI=1S/C18H19F3N2O3S/c1-3-23-11-12(26-15-7-5-4-6-14(15)23)10-22(2)27(24,25)16-9-8-13(19)17(20)18(16)21/h4-9,12H,3,10-11H2,1-2H3/t12-/m0/s1. The Morgan fingerprint density at radius 2 is 1.85 bits per heavy atom. The molecular weight excluding hydrogens is 381 g/mol. The third-order valence-electron chi connectivity index (χ3n) is 4.45. The Bertz CT molecular complexity index is 953. The number of ether oxygens (including phenoxy) is 1. The van der Waals surface area contributed by atoms with Crippen LogP contribution in [-0.2, 0) is 10.0 Å². The van der Waals surface area contributed by atoms with Crippen LogP contribution in [0.15, 0.2) is 41.3 Å². The second-order valence-electron chi connectivity index (χ2n) is 6.21. The summed E-state index contributed by atoms with van der Waals surface area (Å²) in [5.74, 6) is -4.36. The number of benzene rings is 2. The molecule has 5 nitrogen and oxygen atoms in total. The Hall–Kier alpha value is -2.26. The minimum Gasteiger partial charge on any atom is -0.485 e. The van der Waals surface area contributed by atoms with Gasteiger partial charge in [-0.2, -0.15) is 4.31 Å². The van der Waals surface area contributed by atoms with Crippen LogP contribution in [0, 0.1) is 17.5 Å². The molecule has 0 aromatic heterocycles. The second-order valence-corrected chi connectivity index (χ2v) is 8.22. The quantitative estimate of drug-likeness (QED) is 0.724. The zero-order valence-electron chi connectivity index (χ0n) is 14.8. The van der Waals surface area contributed by atoms with E-state index >= 15 is 0 Å². The van der Waals surface area contributed by atoms with Crippen LogP contribution in [0.5, 0.6) is 5.75 Å². The van der Waals surface area contributed by atoms with Crippen LogP contribution in [0.25, 0.3) is 0 Å². The van der Waals surface area contributed by atoms with Gasteiger partial charge in [-0.25, -0.2) is 21.6 Å². The number of rotatable bonds is 5. The number of para-hydroxylation sites is 2. The molecular formula is C18H19F3N2O3S. The summed E-state index contributed by atoms with van der Waals surface area (Å²) in [7, 11) is -3.11. The van der Waals surface area contributed by atoms with Crippen LogP contribution in [0.4, 0.5) is 18.9 Å². The van der Waals surface area contributed by atoms with Crippen LogP contribution in [0.3, 0.4) is 0 Å². The number of hydrogen-bond donors (Lipinski definition) is 0. The van der Waals surface area contributed by atoms with Crippen molar-refractivity contribution in [3.05, 3.63) is 53.8 Å². The van der Waals surface area contributed by atoms with Gasteiger partial charge >= 0.3 is 0 Å². The molecule has 2 aromatic carbocycles. The topological polar surface area (TPSA) is 49.9 Å². The Morgan fingerprint density at radius 3 is 2.56 bits per heavy atom. The van der Waals surface area contributed by atoms with E-state index in [-0.39, 0.29) is 6.54 Å². The maximum Gasteiger partial charge on any atom is 0.245 e. The lowest BCUT2D eigenvalue weighted by Crippen LogP contribution is -2.46. The monoisotopic (exact) mass is 400 g/mol. The molecule has 1 atom stereocenters. The lowest BCUT2D eigenvalue weighted by atomic mass is 10.2. The van der Waals surface area contributed by atoms with Gasteiger partial charge in [0.25, 0.3) is 0 Å². The van der Waals surface area contributed by atoms with Crippen LogP contribution in [-0.4, -0.2) is 45.5 Å². The van der Waals surface area contributed by atoms with Crippen LogP contribution in [0.1, 0.15) is 6.92 Å². The van der Waals surface area contributed by atoms with Gasteiger partial charge in [0, 0.05) is 13.6 Å². The first-order chi connectivity index (χ1) is 12.8. The van der Waals surface area contributed by atoms with E-state index in [0.717, 1.165) is 16.1 Å². The molecule has 0 amide bonds. The summed E-state index contributed by atoms with van der Waals surface area (Å²) < 4.78 is 72.5. The van der Waals surface area contributed by atoms with Gasteiger partial charge in [0.1, 0.15) is 16.7 Å². The van der Waals surface area contributed by atoms with Crippen molar-refractivity contribution < 1.29 is 26.3 Å². The summed E-state index contributed by atoms with van der Waals surface area (Å²) in [4.78, 5) is 1.13. The smallest absolute Gasteiger partial charge is 0.245 e. The summed E-state index contributed by atoms with van der Waals surface area (Å²) in [5.41, 5.74) is 0.911. The zero-order chi connectivity index (χ0) is 19.8. The number of nitrogens with zero attached hydrogens (tertiary/aromatic N) is 2. The Morgan fingerprint density at radius 1 is 1.15 bits per heavy atom. The molecule has 0 spiro atoms. The third-order valence-corrected chi connectivity index (χ3v) is 6.29. The lowest BCUT2D eigenvalue weighted by Gasteiger charge is -2.37. The second kappa shape index (κ2) is 7.40. The SMILES string of the molecule is CCN1C[C@H](CN(C)S(=O)(=O)c2ccc(F)c(F)c2F)Oc2ccccc21. The maximum absolute atomic E-state index is 14.0. The van der Waals surface area contributed by atoms with Crippen molar-refractivity contribution in [2.24, 2.45) is 0 Å². The molecule has 0 bridgehead atoms. The summed E-state index contributed by atoms with van der Waals surface area (Å²) in [5, 5.41) is 0. The van der Waals surface area contributed by atoms with Gasteiger partial charge in [0.2, 0.25) is 10.0 Å². The fourth-order valence-electron chi connectivity index (χ4n) is 3.03. The predicted octanol–water partition coefficient (Wildman–Crippen LogP) is 3.01. The Balaban J connectivity index is 1.83. The van der Waals surface area contributed by atoms with Crippen LogP contribution < -0.4 is 9.64 Å². The normalized spacial score (nSPS) is 17.0. The highest BCUT2D eigenvalue weighted by Crippen LogP contribution is 2.33. The van der Waals surface area contributed by atoms with Gasteiger partial charge in [0.15, 0.2) is 17.5 Å². The van der Waals surface area contributed by atoms with Crippen molar-refractivity contribution in [3.8, 4) is 5.75 Å². The largest absolute Gasteiger partial charge is 0.485 e. The average Bonchev–Trinajstić information content (AvgIpc) is 2.65. The van der Waals surface area contributed by atoms with Gasteiger partial charge in [-0.3, -0.25) is 0 Å². The highest BCUT2D eigenvalue weighted by molar-refractivity contribution is 7.89. The highest BCUT2D eigenvalue weighted by Gasteiger charge is 2.32. The molecule has 0 fully saturated rings. The number of hydrogen-bond acceptors (Lipinski definition) is 4. The highest BCUT2D eigenvalue weighted by atomic mass is 32.2. The predicted molar refractivity (Wildman–Crippen MR) is 94.9 cm³/mol. The van der Waals surface area contributed by atoms with E-state index < -0.39 is 38.5 Å². The first kappa shape index (κ1) is 19.5. The molecule has 2 aromatic rings. The molecule has 0 saturated heterocycles. The van der Waals surface area contributed by atoms with Gasteiger partial charge in [-0.1, -0.05) is 12.1 Å². The molecule has 27 heavy (non-hydrogen) atoms. The van der Waals surface area contributed by atoms with E-state index in [1.807, 2.05) is 30.0 Å². The molecule has 1 heterocycles. The molecule has 1 aliphatic rings. The van der Waals surface area contributed by atoms with Gasteiger partial charge in [0.05, 0.1) is 18.8 Å². The Labute approximate surface area is 156 Å². The van der Waals surface area contributed by atoms with E-state index in [4.69, 9.17) is 4.74 Å². The van der Waals surface area contributed by atoms with Crippen molar-refractivity contribution in [2.45, 2.75) is 17.9 Å². The third kappa shape index (κ3) is 3.61. The van der Waals surface area contributed by atoms with Crippen molar-refractivity contribution in [1.29, 1.82) is 0 Å². The fourth-order valence-corrected chi connectivity index (χ4v) is 4.29. The van der Waals surface area contributed by atoms with Gasteiger partial charge in [-0.15, -0.1) is 0 Å². The molecule has 0 saturated carbocycles. The van der Waals surface area contributed by atoms with Crippen molar-refractivity contribution in [3.63, 3.8) is 0 Å². The van der Waals surface area contributed by atoms with E-state index in [1.54, 1.807) is 6.07 Å². The maximum atomic E-state index is 14.0. The first-order valence-electron chi connectivity index (χ1n) is 8.36. The zero-order valence-corrected chi connectivity index (χ0v) is 15.6. The van der Waals surface area contributed by atoms with Crippen molar-refractivity contribution in [2.75, 3.05) is 31.6 Å². The number of sulfonamides is 1. The van der Waals surface area contributed by atoms with E-state index in [0.29, 0.717) is 24.9 Å². The molecule has 3 rings (SSSR count). The fraction of sp³-hybridized carbons (Fsp3) is 0.333. The summed E-state index contributed by atoms with van der Waals surface area (Å²) in [6.07, 6.45) is -0.506. The molecule has 1 aliphatic heterocycles. The molecule has 9 heteroatoms. The van der Waals surface area contributed by atoms with Gasteiger partial charge in [-0.05, 0) is 31.2 Å². The lowest BCUT2D eigenvalue weighted by molar-refractivity contribution is 0.171. The molecule has 0 N–H and O–H groups in total. The molecule has 0 unspecified atom stereocenters. The van der Waals surface area contributed by atoms with Crippen molar-refractivity contribution >= 4 is 15.7 Å². The van der Waals surface area contributed by atoms with Crippen LogP contribution in [0.2, 0.25) is 0 Å². The summed E-state index contributed by atoms with van der Waals surface area (Å²) in [6.45, 7) is 3.03. The van der Waals surface area contributed by atoms with Crippen molar-refractivity contribution in [1.82, 2.24) is 4.31 Å². The van der Waals surface area contributed by atoms with E-state index in [1.165, 1.54) is 7.05 Å².